The minimum atomic E-state index is -1.03. The summed E-state index contributed by atoms with van der Waals surface area (Å²) in [5, 5.41) is 28.4. The van der Waals surface area contributed by atoms with Crippen molar-refractivity contribution in [3.05, 3.63) is 124 Å². The third kappa shape index (κ3) is 8.10. The number of unbranched alkanes of at least 4 members (excludes halogenated alkanes) is 2. The molecule has 0 spiro atoms. The maximum absolute atomic E-state index is 13.4. The first-order valence-electron chi connectivity index (χ1n) is 20.6. The first-order valence-corrected chi connectivity index (χ1v) is 21.0. The summed E-state index contributed by atoms with van der Waals surface area (Å²) < 4.78 is 5.94. The first kappa shape index (κ1) is 39.6. The van der Waals surface area contributed by atoms with Crippen LogP contribution in [0, 0.1) is 6.92 Å². The van der Waals surface area contributed by atoms with E-state index in [1.165, 1.54) is 0 Å². The number of imide groups is 2. The molecule has 17 heteroatoms. The Morgan fingerprint density at radius 2 is 1.64 bits per heavy atom. The van der Waals surface area contributed by atoms with Crippen molar-refractivity contribution in [3.8, 4) is 16.8 Å². The lowest BCUT2D eigenvalue weighted by atomic mass is 9.96. The topological polar surface area (TPSA) is 187 Å². The lowest BCUT2D eigenvalue weighted by molar-refractivity contribution is -0.136. The van der Waals surface area contributed by atoms with Gasteiger partial charge in [0.15, 0.2) is 0 Å². The molecule has 3 aromatic carbocycles. The molecule has 2 N–H and O–H groups in total. The van der Waals surface area contributed by atoms with E-state index >= 15 is 0 Å². The number of aromatic nitrogens is 8. The van der Waals surface area contributed by atoms with Crippen molar-refractivity contribution in [2.75, 3.05) is 11.9 Å². The van der Waals surface area contributed by atoms with E-state index in [0.29, 0.717) is 29.5 Å². The summed E-state index contributed by atoms with van der Waals surface area (Å²) in [6, 6.07) is 18.2. The maximum Gasteiger partial charge on any atom is 0.264 e. The van der Waals surface area contributed by atoms with Crippen LogP contribution in [0.1, 0.15) is 94.1 Å². The molecular weight excluding hydrogens is 796 g/mol. The molecule has 1 atom stereocenters. The SMILES string of the molecule is Cc1nnc2n1-c1ccc(-c3cnn(CCCCCn4cc(CNc5cccc6c5C(=O)N(C5CCC(=O)NC5=O)C6=O)nn4)c3)cc1C(c1ccc(Cl)cc1)=NCCCC2. The van der Waals surface area contributed by atoms with Crippen molar-refractivity contribution < 1.29 is 19.2 Å². The van der Waals surface area contributed by atoms with Crippen LogP contribution in [0.25, 0.3) is 16.8 Å². The molecular formula is C44H43ClN12O4. The van der Waals surface area contributed by atoms with E-state index in [1.807, 2.05) is 48.3 Å². The number of benzene rings is 3. The standard InChI is InChI=1S/C44H43ClN12O4/c1-27-50-52-38-10-3-4-19-46-41(28-11-14-31(45)15-12-28)34-22-29(13-16-36(34)56(27)38)30-23-48-54(25-30)20-5-2-6-21-55-26-32(51-53-55)24-47-35-9-7-8-33-40(35)44(61)57(43(33)60)37-17-18-39(58)49-42(37)59/h7-9,11-16,22-23,25-26,37,47H,2-6,10,17-21,24H2,1H3,(H,49,58,59). The average molecular weight is 839 g/mol. The van der Waals surface area contributed by atoms with Crippen LogP contribution in [0.4, 0.5) is 5.69 Å². The third-order valence-electron chi connectivity index (χ3n) is 11.3. The Balaban J connectivity index is 0.808. The highest BCUT2D eigenvalue weighted by molar-refractivity contribution is 6.30. The smallest absolute Gasteiger partial charge is 0.264 e. The van der Waals surface area contributed by atoms with E-state index < -0.39 is 29.7 Å². The minimum Gasteiger partial charge on any atom is -0.379 e. The molecule has 0 radical (unpaired) electrons. The number of halogens is 1. The molecule has 0 aliphatic carbocycles. The van der Waals surface area contributed by atoms with Gasteiger partial charge in [0.1, 0.15) is 23.4 Å². The number of aryl methyl sites for hydroxylation is 4. The van der Waals surface area contributed by atoms with Crippen molar-refractivity contribution in [1.29, 1.82) is 0 Å². The van der Waals surface area contributed by atoms with Gasteiger partial charge in [-0.1, -0.05) is 41.1 Å². The molecule has 1 fully saturated rings. The van der Waals surface area contributed by atoms with Crippen molar-refractivity contribution >= 4 is 46.6 Å². The molecule has 1 unspecified atom stereocenters. The van der Waals surface area contributed by atoms with Gasteiger partial charge in [0.05, 0.1) is 41.5 Å². The fraction of sp³-hybridized carbons (Fsp3) is 0.318. The number of rotatable bonds is 12. The number of fused-ring (bicyclic) bond motifs is 4. The number of piperidine rings is 1. The average Bonchev–Trinajstić information content (AvgIpc) is 4.06. The molecule has 9 rings (SSSR count). The monoisotopic (exact) mass is 838 g/mol. The fourth-order valence-corrected chi connectivity index (χ4v) is 8.37. The number of hydrogen-bond donors (Lipinski definition) is 2. The molecule has 61 heavy (non-hydrogen) atoms. The first-order chi connectivity index (χ1) is 29.7. The Morgan fingerprint density at radius 3 is 2.48 bits per heavy atom. The van der Waals surface area contributed by atoms with Gasteiger partial charge < -0.3 is 5.32 Å². The van der Waals surface area contributed by atoms with Crippen LogP contribution in [-0.4, -0.2) is 86.4 Å². The van der Waals surface area contributed by atoms with Crippen LogP contribution in [0.5, 0.6) is 0 Å². The maximum atomic E-state index is 13.4. The molecule has 310 valence electrons. The number of aliphatic imine (C=N–C) groups is 1. The van der Waals surface area contributed by atoms with Crippen molar-refractivity contribution in [2.24, 2.45) is 4.99 Å². The number of nitrogens with zero attached hydrogens (tertiary/aromatic N) is 10. The van der Waals surface area contributed by atoms with Crippen LogP contribution < -0.4 is 10.6 Å². The Labute approximate surface area is 356 Å². The summed E-state index contributed by atoms with van der Waals surface area (Å²) in [6.07, 6.45) is 11.6. The highest BCUT2D eigenvalue weighted by Gasteiger charge is 2.45. The van der Waals surface area contributed by atoms with Gasteiger partial charge in [-0.25, -0.2) is 0 Å². The van der Waals surface area contributed by atoms with Gasteiger partial charge >= 0.3 is 0 Å². The van der Waals surface area contributed by atoms with Gasteiger partial charge in [0.2, 0.25) is 11.8 Å². The number of carbonyl (C=O) groups excluding carboxylic acids is 4. The Bertz CT molecular complexity index is 2700. The van der Waals surface area contributed by atoms with Crippen LogP contribution in [0.2, 0.25) is 5.02 Å². The van der Waals surface area contributed by atoms with E-state index in [9.17, 15) is 19.2 Å². The lowest BCUT2D eigenvalue weighted by Gasteiger charge is -2.27. The van der Waals surface area contributed by atoms with Gasteiger partial charge in [-0.3, -0.25) is 48.3 Å². The van der Waals surface area contributed by atoms with E-state index in [4.69, 9.17) is 21.7 Å². The van der Waals surface area contributed by atoms with Gasteiger partial charge in [-0.2, -0.15) is 5.10 Å². The number of carbonyl (C=O) groups is 4. The summed E-state index contributed by atoms with van der Waals surface area (Å²) in [7, 11) is 0. The summed E-state index contributed by atoms with van der Waals surface area (Å²) in [5.41, 5.74) is 7.50. The van der Waals surface area contributed by atoms with E-state index in [1.54, 1.807) is 22.9 Å². The predicted molar refractivity (Wildman–Crippen MR) is 227 cm³/mol. The lowest BCUT2D eigenvalue weighted by Crippen LogP contribution is -2.54. The second-order valence-corrected chi connectivity index (χ2v) is 15.9. The number of nitrogens with one attached hydrogen (secondary N) is 2. The second-order valence-electron chi connectivity index (χ2n) is 15.5. The zero-order valence-electron chi connectivity index (χ0n) is 33.6. The molecule has 3 aliphatic rings. The van der Waals surface area contributed by atoms with Gasteiger partial charge in [-0.15, -0.1) is 15.3 Å². The molecule has 3 aromatic heterocycles. The van der Waals surface area contributed by atoms with Crippen molar-refractivity contribution in [3.63, 3.8) is 0 Å². The molecule has 4 amide bonds. The molecule has 6 heterocycles. The molecule has 3 aliphatic heterocycles. The zero-order valence-corrected chi connectivity index (χ0v) is 34.3. The fourth-order valence-electron chi connectivity index (χ4n) is 8.24. The van der Waals surface area contributed by atoms with E-state index in [-0.39, 0.29) is 30.5 Å². The Morgan fingerprint density at radius 1 is 0.820 bits per heavy atom. The highest BCUT2D eigenvalue weighted by atomic mass is 35.5. The van der Waals surface area contributed by atoms with Gasteiger partial charge in [0.25, 0.3) is 11.8 Å². The number of anilines is 1. The highest BCUT2D eigenvalue weighted by Crippen LogP contribution is 2.33. The molecule has 0 saturated carbocycles. The van der Waals surface area contributed by atoms with Crippen molar-refractivity contribution in [1.82, 2.24) is 49.8 Å². The quantitative estimate of drug-likeness (QED) is 0.114. The zero-order chi connectivity index (χ0) is 42.0. The second kappa shape index (κ2) is 17.0. The summed E-state index contributed by atoms with van der Waals surface area (Å²) in [5.74, 6) is -0.393. The summed E-state index contributed by atoms with van der Waals surface area (Å²) in [6.45, 7) is 4.43. The molecule has 6 aromatic rings. The Kier molecular flexibility index (Phi) is 11.1. The summed E-state index contributed by atoms with van der Waals surface area (Å²) >= 11 is 6.29. The largest absolute Gasteiger partial charge is 0.379 e. The van der Waals surface area contributed by atoms with E-state index in [0.717, 1.165) is 95.3 Å². The predicted octanol–water partition coefficient (Wildman–Crippen LogP) is 5.74. The van der Waals surface area contributed by atoms with E-state index in [2.05, 4.69) is 60.1 Å². The molecule has 16 nitrogen and oxygen atoms in total. The molecule has 1 saturated heterocycles. The Hall–Kier alpha value is -6.81. The van der Waals surface area contributed by atoms with Crippen LogP contribution >= 0.6 is 11.6 Å². The number of hydrogen-bond acceptors (Lipinski definition) is 11. The normalized spacial score (nSPS) is 16.5. The molecule has 0 bridgehead atoms. The number of amides is 4. The summed E-state index contributed by atoms with van der Waals surface area (Å²) in [4.78, 5) is 56.8. The minimum absolute atomic E-state index is 0.0599. The van der Waals surface area contributed by atoms with Crippen LogP contribution in [-0.2, 0) is 35.6 Å². The van der Waals surface area contributed by atoms with Crippen molar-refractivity contribution in [2.45, 2.75) is 84.0 Å². The van der Waals surface area contributed by atoms with Crippen LogP contribution in [0.15, 0.2) is 84.2 Å². The third-order valence-corrected chi connectivity index (χ3v) is 11.6. The van der Waals surface area contributed by atoms with Crippen LogP contribution in [0.3, 0.4) is 0 Å². The van der Waals surface area contributed by atoms with Gasteiger partial charge in [-0.05, 0) is 87.4 Å². The van der Waals surface area contributed by atoms with Gasteiger partial charge in [0, 0.05) is 66.1 Å².